The zero-order valence-corrected chi connectivity index (χ0v) is 16.2. The van der Waals surface area contributed by atoms with Crippen LogP contribution in [0.5, 0.6) is 0 Å². The van der Waals surface area contributed by atoms with E-state index in [0.29, 0.717) is 10.7 Å². The number of rotatable bonds is 4. The van der Waals surface area contributed by atoms with Crippen molar-refractivity contribution >= 4 is 28.9 Å². The Morgan fingerprint density at radius 1 is 1.33 bits per heavy atom. The van der Waals surface area contributed by atoms with E-state index in [1.807, 2.05) is 24.3 Å². The molecular weight excluding hydrogens is 366 g/mol. The molecule has 0 bridgehead atoms. The molecule has 1 fully saturated rings. The first kappa shape index (κ1) is 19.1. The van der Waals surface area contributed by atoms with Gasteiger partial charge in [-0.05, 0) is 18.7 Å². The van der Waals surface area contributed by atoms with Gasteiger partial charge in [0.15, 0.2) is 5.69 Å². The summed E-state index contributed by atoms with van der Waals surface area (Å²) in [6, 6.07) is 7.52. The Morgan fingerprint density at radius 3 is 2.63 bits per heavy atom. The highest BCUT2D eigenvalue weighted by Crippen LogP contribution is 2.36. The number of para-hydroxylation sites is 1. The number of methoxy groups -OCH3 is 1. The maximum atomic E-state index is 12.3. The minimum absolute atomic E-state index is 0.103. The standard InChI is InChI=1S/C19H22ClN5O2/c1-3-23-7-9-24(10-8-23)17-14(20)5-4-6-15(17)25-12-13(11-21)16(22)18(25)19(26)27-2/h4-6,12H,3,7-10,22H2,1-2H3. The van der Waals surface area contributed by atoms with E-state index in [-0.39, 0.29) is 16.9 Å². The van der Waals surface area contributed by atoms with Crippen molar-refractivity contribution in [3.8, 4) is 11.8 Å². The van der Waals surface area contributed by atoms with Gasteiger partial charge in [0.25, 0.3) is 0 Å². The molecule has 1 aromatic carbocycles. The third-order valence-electron chi connectivity index (χ3n) is 4.90. The van der Waals surface area contributed by atoms with Crippen molar-refractivity contribution in [2.45, 2.75) is 6.92 Å². The largest absolute Gasteiger partial charge is 0.464 e. The molecular formula is C19H22ClN5O2. The third kappa shape index (κ3) is 3.46. The Hall–Kier alpha value is -2.69. The van der Waals surface area contributed by atoms with Gasteiger partial charge >= 0.3 is 5.97 Å². The van der Waals surface area contributed by atoms with Gasteiger partial charge in [0.05, 0.1) is 34.8 Å². The fraction of sp³-hybridized carbons (Fsp3) is 0.368. The first-order valence-electron chi connectivity index (χ1n) is 8.77. The molecule has 0 amide bonds. The molecule has 2 N–H and O–H groups in total. The molecule has 27 heavy (non-hydrogen) atoms. The minimum atomic E-state index is -0.601. The van der Waals surface area contributed by atoms with Crippen molar-refractivity contribution in [2.75, 3.05) is 50.5 Å². The fourth-order valence-electron chi connectivity index (χ4n) is 3.40. The second-order valence-electron chi connectivity index (χ2n) is 6.31. The van der Waals surface area contributed by atoms with Crippen molar-refractivity contribution in [1.29, 1.82) is 5.26 Å². The van der Waals surface area contributed by atoms with Crippen LogP contribution in [0.1, 0.15) is 23.0 Å². The average Bonchev–Trinajstić information content (AvgIpc) is 3.03. The number of piperazine rings is 1. The minimum Gasteiger partial charge on any atom is -0.464 e. The van der Waals surface area contributed by atoms with Crippen LogP contribution in [0, 0.1) is 11.3 Å². The van der Waals surface area contributed by atoms with E-state index in [1.54, 1.807) is 10.8 Å². The van der Waals surface area contributed by atoms with Gasteiger partial charge in [-0.2, -0.15) is 5.26 Å². The lowest BCUT2D eigenvalue weighted by Crippen LogP contribution is -2.46. The van der Waals surface area contributed by atoms with E-state index in [2.05, 4.69) is 16.7 Å². The van der Waals surface area contributed by atoms with E-state index < -0.39 is 5.97 Å². The highest BCUT2D eigenvalue weighted by atomic mass is 35.5. The molecule has 1 saturated heterocycles. The number of hydrogen-bond acceptors (Lipinski definition) is 6. The van der Waals surface area contributed by atoms with Crippen LogP contribution in [0.4, 0.5) is 11.4 Å². The van der Waals surface area contributed by atoms with Crippen molar-refractivity contribution in [3.05, 3.63) is 40.7 Å². The lowest BCUT2D eigenvalue weighted by Gasteiger charge is -2.37. The Bertz CT molecular complexity index is 894. The molecule has 2 heterocycles. The number of carbonyl (C=O) groups excluding carboxylic acids is 1. The number of carbonyl (C=O) groups is 1. The Kier molecular flexibility index (Phi) is 5.59. The Labute approximate surface area is 163 Å². The molecule has 0 atom stereocenters. The normalized spacial score (nSPS) is 14.8. The van der Waals surface area contributed by atoms with Crippen LogP contribution in [-0.4, -0.2) is 55.3 Å². The number of ether oxygens (including phenoxy) is 1. The highest BCUT2D eigenvalue weighted by Gasteiger charge is 2.26. The molecule has 1 aliphatic rings. The summed E-state index contributed by atoms with van der Waals surface area (Å²) in [7, 11) is 1.29. The van der Waals surface area contributed by atoms with Crippen LogP contribution >= 0.6 is 11.6 Å². The number of anilines is 2. The smallest absolute Gasteiger partial charge is 0.357 e. The number of nitriles is 1. The second kappa shape index (κ2) is 7.91. The maximum Gasteiger partial charge on any atom is 0.357 e. The van der Waals surface area contributed by atoms with Gasteiger partial charge in [0, 0.05) is 32.4 Å². The molecule has 142 valence electrons. The van der Waals surface area contributed by atoms with Crippen LogP contribution in [-0.2, 0) is 4.74 Å². The van der Waals surface area contributed by atoms with E-state index in [0.717, 1.165) is 38.4 Å². The maximum absolute atomic E-state index is 12.3. The Morgan fingerprint density at radius 2 is 2.04 bits per heavy atom. The van der Waals surface area contributed by atoms with Crippen LogP contribution in [0.15, 0.2) is 24.4 Å². The SMILES string of the molecule is CCN1CCN(c2c(Cl)cccc2-n2cc(C#N)c(N)c2C(=O)OC)CC1. The van der Waals surface area contributed by atoms with Crippen molar-refractivity contribution in [1.82, 2.24) is 9.47 Å². The van der Waals surface area contributed by atoms with Crippen LogP contribution < -0.4 is 10.6 Å². The second-order valence-corrected chi connectivity index (χ2v) is 6.71. The number of nitrogens with zero attached hydrogens (tertiary/aromatic N) is 4. The molecule has 8 heteroatoms. The highest BCUT2D eigenvalue weighted by molar-refractivity contribution is 6.33. The van der Waals surface area contributed by atoms with Crippen molar-refractivity contribution < 1.29 is 9.53 Å². The van der Waals surface area contributed by atoms with E-state index in [1.165, 1.54) is 7.11 Å². The van der Waals surface area contributed by atoms with Crippen LogP contribution in [0.2, 0.25) is 5.02 Å². The lowest BCUT2D eigenvalue weighted by molar-refractivity contribution is 0.0593. The molecule has 2 aromatic rings. The molecule has 7 nitrogen and oxygen atoms in total. The van der Waals surface area contributed by atoms with Gasteiger partial charge in [-0.1, -0.05) is 24.6 Å². The summed E-state index contributed by atoms with van der Waals surface area (Å²) in [5.74, 6) is -0.601. The molecule has 1 aromatic heterocycles. The van der Waals surface area contributed by atoms with E-state index in [9.17, 15) is 10.1 Å². The summed E-state index contributed by atoms with van der Waals surface area (Å²) in [4.78, 5) is 16.9. The first-order chi connectivity index (χ1) is 13.0. The molecule has 0 aliphatic carbocycles. The van der Waals surface area contributed by atoms with E-state index in [4.69, 9.17) is 22.1 Å². The monoisotopic (exact) mass is 387 g/mol. The predicted molar refractivity (Wildman–Crippen MR) is 106 cm³/mol. The topological polar surface area (TPSA) is 87.5 Å². The fourth-order valence-corrected chi connectivity index (χ4v) is 3.69. The van der Waals surface area contributed by atoms with Gasteiger partial charge < -0.3 is 24.8 Å². The molecule has 0 radical (unpaired) electrons. The van der Waals surface area contributed by atoms with Gasteiger partial charge in [-0.15, -0.1) is 0 Å². The summed E-state index contributed by atoms with van der Waals surface area (Å²) in [5, 5.41) is 9.93. The molecule has 0 unspecified atom stereocenters. The molecule has 0 spiro atoms. The number of likely N-dealkylation sites (N-methyl/N-ethyl adjacent to an activating group) is 1. The van der Waals surface area contributed by atoms with Crippen molar-refractivity contribution in [3.63, 3.8) is 0 Å². The molecule has 1 aliphatic heterocycles. The quantitative estimate of drug-likeness (QED) is 0.811. The molecule has 3 rings (SSSR count). The predicted octanol–water partition coefficient (Wildman–Crippen LogP) is 2.51. The van der Waals surface area contributed by atoms with Gasteiger partial charge in [0.1, 0.15) is 6.07 Å². The van der Waals surface area contributed by atoms with E-state index >= 15 is 0 Å². The summed E-state index contributed by atoms with van der Waals surface area (Å²) >= 11 is 6.55. The summed E-state index contributed by atoms with van der Waals surface area (Å²) in [5.41, 5.74) is 8.00. The lowest BCUT2D eigenvalue weighted by atomic mass is 10.2. The third-order valence-corrected chi connectivity index (χ3v) is 5.21. The number of nitrogen functional groups attached to an aromatic ring is 1. The van der Waals surface area contributed by atoms with Crippen LogP contribution in [0.3, 0.4) is 0 Å². The summed E-state index contributed by atoms with van der Waals surface area (Å²) < 4.78 is 6.48. The zero-order chi connectivity index (χ0) is 19.6. The van der Waals surface area contributed by atoms with Gasteiger partial charge in [-0.3, -0.25) is 0 Å². The number of nitrogens with two attached hydrogens (primary N) is 1. The van der Waals surface area contributed by atoms with Gasteiger partial charge in [-0.25, -0.2) is 4.79 Å². The number of benzene rings is 1. The number of halogens is 1. The number of aromatic nitrogens is 1. The van der Waals surface area contributed by atoms with Gasteiger partial charge in [0.2, 0.25) is 0 Å². The summed E-state index contributed by atoms with van der Waals surface area (Å²) in [6.07, 6.45) is 1.55. The first-order valence-corrected chi connectivity index (χ1v) is 9.15. The van der Waals surface area contributed by atoms with Crippen molar-refractivity contribution in [2.24, 2.45) is 0 Å². The average molecular weight is 388 g/mol. The summed E-state index contributed by atoms with van der Waals surface area (Å²) in [6.45, 7) is 6.66. The number of hydrogen-bond donors (Lipinski definition) is 1. The van der Waals surface area contributed by atoms with Crippen LogP contribution in [0.25, 0.3) is 5.69 Å². The molecule has 0 saturated carbocycles. The number of esters is 1. The zero-order valence-electron chi connectivity index (χ0n) is 15.4. The Balaban J connectivity index is 2.13.